The van der Waals surface area contributed by atoms with Crippen molar-refractivity contribution in [2.45, 2.75) is 12.8 Å². The van der Waals surface area contributed by atoms with Gasteiger partial charge in [-0.1, -0.05) is 12.1 Å². The minimum absolute atomic E-state index is 1.03. The van der Waals surface area contributed by atoms with E-state index in [2.05, 4.69) is 29.9 Å². The number of rotatable bonds is 3. The second-order valence-electron chi connectivity index (χ2n) is 3.52. The molecular weight excluding hydrogens is 172 g/mol. The summed E-state index contributed by atoms with van der Waals surface area (Å²) < 4.78 is 1.85. The SMILES string of the molecule is C=CCCc1ccc2nn(C)cc2c1. The first-order valence-electron chi connectivity index (χ1n) is 4.83. The highest BCUT2D eigenvalue weighted by molar-refractivity contribution is 5.78. The number of fused-ring (bicyclic) bond motifs is 1. The Morgan fingerprint density at radius 2 is 2.36 bits per heavy atom. The predicted molar refractivity (Wildman–Crippen MR) is 59.2 cm³/mol. The molecule has 0 fully saturated rings. The van der Waals surface area contributed by atoms with Crippen molar-refractivity contribution in [3.05, 3.63) is 42.6 Å². The third kappa shape index (κ3) is 1.69. The lowest BCUT2D eigenvalue weighted by molar-refractivity contribution is 0.780. The topological polar surface area (TPSA) is 17.8 Å². The number of nitrogens with zero attached hydrogens (tertiary/aromatic N) is 2. The minimum Gasteiger partial charge on any atom is -0.275 e. The predicted octanol–water partition coefficient (Wildman–Crippen LogP) is 2.69. The van der Waals surface area contributed by atoms with Crippen LogP contribution in [-0.2, 0) is 13.5 Å². The molecule has 14 heavy (non-hydrogen) atoms. The van der Waals surface area contributed by atoms with Gasteiger partial charge in [0.2, 0.25) is 0 Å². The van der Waals surface area contributed by atoms with Gasteiger partial charge >= 0.3 is 0 Å². The van der Waals surface area contributed by atoms with E-state index >= 15 is 0 Å². The highest BCUT2D eigenvalue weighted by Crippen LogP contribution is 2.15. The highest BCUT2D eigenvalue weighted by Gasteiger charge is 1.99. The van der Waals surface area contributed by atoms with E-state index in [4.69, 9.17) is 0 Å². The van der Waals surface area contributed by atoms with E-state index in [1.807, 2.05) is 24.0 Å². The van der Waals surface area contributed by atoms with Crippen LogP contribution in [0.4, 0.5) is 0 Å². The van der Waals surface area contributed by atoms with Gasteiger partial charge in [0, 0.05) is 18.6 Å². The molecule has 0 aliphatic heterocycles. The molecule has 2 nitrogen and oxygen atoms in total. The fourth-order valence-corrected chi connectivity index (χ4v) is 1.62. The monoisotopic (exact) mass is 186 g/mol. The van der Waals surface area contributed by atoms with Crippen LogP contribution >= 0.6 is 0 Å². The molecule has 0 spiro atoms. The van der Waals surface area contributed by atoms with E-state index in [1.165, 1.54) is 10.9 Å². The summed E-state index contributed by atoms with van der Waals surface area (Å²) in [5.41, 5.74) is 2.42. The molecule has 72 valence electrons. The summed E-state index contributed by atoms with van der Waals surface area (Å²) in [7, 11) is 1.95. The van der Waals surface area contributed by atoms with Crippen molar-refractivity contribution in [1.29, 1.82) is 0 Å². The van der Waals surface area contributed by atoms with Gasteiger partial charge in [-0.3, -0.25) is 4.68 Å². The lowest BCUT2D eigenvalue weighted by Gasteiger charge is -1.97. The maximum Gasteiger partial charge on any atom is 0.0923 e. The molecule has 0 radical (unpaired) electrons. The number of hydrogen-bond acceptors (Lipinski definition) is 1. The molecule has 1 aromatic carbocycles. The average Bonchev–Trinajstić information content (AvgIpc) is 2.54. The smallest absolute Gasteiger partial charge is 0.0923 e. The fraction of sp³-hybridized carbons (Fsp3) is 0.250. The Kier molecular flexibility index (Phi) is 2.35. The zero-order valence-electron chi connectivity index (χ0n) is 8.40. The first-order valence-corrected chi connectivity index (χ1v) is 4.83. The minimum atomic E-state index is 1.03. The molecule has 2 rings (SSSR count). The van der Waals surface area contributed by atoms with Crippen LogP contribution in [0.25, 0.3) is 10.9 Å². The van der Waals surface area contributed by atoms with Gasteiger partial charge in [0.1, 0.15) is 0 Å². The zero-order chi connectivity index (χ0) is 9.97. The highest BCUT2D eigenvalue weighted by atomic mass is 15.2. The van der Waals surface area contributed by atoms with Crippen molar-refractivity contribution in [2.75, 3.05) is 0 Å². The Morgan fingerprint density at radius 1 is 1.50 bits per heavy atom. The van der Waals surface area contributed by atoms with Gasteiger partial charge in [-0.05, 0) is 30.5 Å². The third-order valence-electron chi connectivity index (χ3n) is 2.32. The largest absolute Gasteiger partial charge is 0.275 e. The lowest BCUT2D eigenvalue weighted by atomic mass is 10.1. The molecule has 0 bridgehead atoms. The molecule has 2 heteroatoms. The summed E-state index contributed by atoms with van der Waals surface area (Å²) >= 11 is 0. The number of allylic oxidation sites excluding steroid dienone is 1. The van der Waals surface area contributed by atoms with Gasteiger partial charge < -0.3 is 0 Å². The van der Waals surface area contributed by atoms with E-state index in [-0.39, 0.29) is 0 Å². The Morgan fingerprint density at radius 3 is 3.14 bits per heavy atom. The van der Waals surface area contributed by atoms with Gasteiger partial charge in [0.15, 0.2) is 0 Å². The van der Waals surface area contributed by atoms with Gasteiger partial charge in [-0.15, -0.1) is 6.58 Å². The number of aromatic nitrogens is 2. The molecule has 0 saturated carbocycles. The van der Waals surface area contributed by atoms with Crippen molar-refractivity contribution in [3.63, 3.8) is 0 Å². The normalized spacial score (nSPS) is 10.6. The first-order chi connectivity index (χ1) is 6.79. The quantitative estimate of drug-likeness (QED) is 0.674. The van der Waals surface area contributed by atoms with Gasteiger partial charge in [0.05, 0.1) is 5.52 Å². The maximum atomic E-state index is 4.33. The molecule has 1 aromatic heterocycles. The summed E-state index contributed by atoms with van der Waals surface area (Å²) in [6.45, 7) is 3.73. The standard InChI is InChI=1S/C12H14N2/c1-3-4-5-10-6-7-12-11(8-10)9-14(2)13-12/h3,6-9H,1,4-5H2,2H3. The number of aryl methyl sites for hydroxylation is 2. The summed E-state index contributed by atoms with van der Waals surface area (Å²) in [5, 5.41) is 5.55. The van der Waals surface area contributed by atoms with Crippen molar-refractivity contribution < 1.29 is 0 Å². The number of hydrogen-bond donors (Lipinski definition) is 0. The van der Waals surface area contributed by atoms with Crippen molar-refractivity contribution in [2.24, 2.45) is 7.05 Å². The van der Waals surface area contributed by atoms with Gasteiger partial charge in [0.25, 0.3) is 0 Å². The molecule has 0 aliphatic carbocycles. The second kappa shape index (κ2) is 3.66. The molecule has 0 unspecified atom stereocenters. The molecular formula is C12H14N2. The van der Waals surface area contributed by atoms with Crippen LogP contribution in [0.3, 0.4) is 0 Å². The van der Waals surface area contributed by atoms with Crippen molar-refractivity contribution in [3.8, 4) is 0 Å². The van der Waals surface area contributed by atoms with E-state index in [9.17, 15) is 0 Å². The first kappa shape index (κ1) is 9.00. The summed E-state index contributed by atoms with van der Waals surface area (Å²) in [5.74, 6) is 0. The molecule has 1 heterocycles. The van der Waals surface area contributed by atoms with E-state index in [1.54, 1.807) is 0 Å². The van der Waals surface area contributed by atoms with Crippen molar-refractivity contribution in [1.82, 2.24) is 9.78 Å². The van der Waals surface area contributed by atoms with Crippen molar-refractivity contribution >= 4 is 10.9 Å². The maximum absolute atomic E-state index is 4.33. The van der Waals surface area contributed by atoms with Crippen LogP contribution in [0, 0.1) is 0 Å². The molecule has 2 aromatic rings. The van der Waals surface area contributed by atoms with Gasteiger partial charge in [-0.25, -0.2) is 0 Å². The fourth-order valence-electron chi connectivity index (χ4n) is 1.62. The Hall–Kier alpha value is -1.57. The van der Waals surface area contributed by atoms with Crippen LogP contribution in [0.5, 0.6) is 0 Å². The van der Waals surface area contributed by atoms with E-state index in [0.29, 0.717) is 0 Å². The summed E-state index contributed by atoms with van der Waals surface area (Å²) in [6, 6.07) is 6.42. The zero-order valence-corrected chi connectivity index (χ0v) is 8.40. The Balaban J connectivity index is 2.35. The molecule has 0 atom stereocenters. The van der Waals surface area contributed by atoms with Crippen LogP contribution in [0.2, 0.25) is 0 Å². The second-order valence-corrected chi connectivity index (χ2v) is 3.52. The molecule has 0 aliphatic rings. The Bertz CT molecular complexity index is 454. The van der Waals surface area contributed by atoms with Gasteiger partial charge in [-0.2, -0.15) is 5.10 Å². The van der Waals surface area contributed by atoms with Crippen LogP contribution < -0.4 is 0 Å². The van der Waals surface area contributed by atoms with Crippen LogP contribution in [-0.4, -0.2) is 9.78 Å². The molecule has 0 N–H and O–H groups in total. The third-order valence-corrected chi connectivity index (χ3v) is 2.32. The van der Waals surface area contributed by atoms with E-state index < -0.39 is 0 Å². The molecule has 0 amide bonds. The average molecular weight is 186 g/mol. The molecule has 0 saturated heterocycles. The van der Waals surface area contributed by atoms with E-state index in [0.717, 1.165) is 18.4 Å². The number of benzene rings is 1. The Labute approximate surface area is 83.9 Å². The lowest BCUT2D eigenvalue weighted by Crippen LogP contribution is -1.84. The van der Waals surface area contributed by atoms with Crippen LogP contribution in [0.1, 0.15) is 12.0 Å². The van der Waals surface area contributed by atoms with Crippen LogP contribution in [0.15, 0.2) is 37.1 Å². The summed E-state index contributed by atoms with van der Waals surface area (Å²) in [4.78, 5) is 0. The summed E-state index contributed by atoms with van der Waals surface area (Å²) in [6.07, 6.45) is 6.10.